The molecule has 3 aromatic rings. The van der Waals surface area contributed by atoms with Gasteiger partial charge in [0.2, 0.25) is 0 Å². The Morgan fingerprint density at radius 3 is 2.96 bits per heavy atom. The van der Waals surface area contributed by atoms with Crippen molar-refractivity contribution in [2.75, 3.05) is 13.6 Å². The van der Waals surface area contributed by atoms with Crippen molar-refractivity contribution in [3.05, 3.63) is 64.6 Å². The summed E-state index contributed by atoms with van der Waals surface area (Å²) in [7, 11) is 2.19. The van der Waals surface area contributed by atoms with Crippen molar-refractivity contribution in [1.29, 1.82) is 0 Å². The van der Waals surface area contributed by atoms with Gasteiger partial charge in [0.1, 0.15) is 0 Å². The number of fused-ring (bicyclic) bond motifs is 3. The minimum atomic E-state index is 0.815. The number of benzene rings is 1. The van der Waals surface area contributed by atoms with Crippen LogP contribution in [0.5, 0.6) is 0 Å². The number of rotatable bonds is 3. The fourth-order valence-electron chi connectivity index (χ4n) is 3.58. The maximum Gasteiger partial charge on any atom is 0.0487 e. The van der Waals surface area contributed by atoms with Gasteiger partial charge in [0.05, 0.1) is 0 Å². The Bertz CT molecular complexity index is 839. The first-order valence-corrected chi connectivity index (χ1v) is 8.48. The highest BCUT2D eigenvalue weighted by atomic mass is 35.5. The zero-order valence-corrected chi connectivity index (χ0v) is 14.1. The molecule has 1 aliphatic rings. The third kappa shape index (κ3) is 2.75. The van der Waals surface area contributed by atoms with Crippen LogP contribution in [-0.2, 0) is 25.9 Å². The number of aromatic nitrogens is 2. The first kappa shape index (κ1) is 14.7. The van der Waals surface area contributed by atoms with E-state index in [-0.39, 0.29) is 0 Å². The van der Waals surface area contributed by atoms with Crippen LogP contribution < -0.4 is 0 Å². The van der Waals surface area contributed by atoms with E-state index in [0.717, 1.165) is 43.2 Å². The topological polar surface area (TPSA) is 21.1 Å². The summed E-state index contributed by atoms with van der Waals surface area (Å²) in [4.78, 5) is 6.83. The highest BCUT2D eigenvalue weighted by Gasteiger charge is 2.22. The lowest BCUT2D eigenvalue weighted by atomic mass is 10.1. The molecule has 1 aliphatic heterocycles. The Morgan fingerprint density at radius 1 is 1.22 bits per heavy atom. The second-order valence-electron chi connectivity index (χ2n) is 6.30. The van der Waals surface area contributed by atoms with Gasteiger partial charge in [0.15, 0.2) is 0 Å². The predicted octanol–water partition coefficient (Wildman–Crippen LogP) is 3.92. The lowest BCUT2D eigenvalue weighted by molar-refractivity contribution is 0.309. The average Bonchev–Trinajstić information content (AvgIpc) is 2.86. The number of aryl methyl sites for hydroxylation is 2. The van der Waals surface area contributed by atoms with Crippen molar-refractivity contribution in [2.45, 2.75) is 25.9 Å². The fraction of sp³-hybridized carbons (Fsp3) is 0.316. The average molecular weight is 326 g/mol. The SMILES string of the molecule is CN1CCc2c(c3cc(Cl)ccc3n2CCc2ccccn2)C1. The molecule has 0 spiro atoms. The Labute approximate surface area is 141 Å². The number of halogens is 1. The maximum absolute atomic E-state index is 6.25. The minimum absolute atomic E-state index is 0.815. The van der Waals surface area contributed by atoms with Crippen molar-refractivity contribution < 1.29 is 0 Å². The van der Waals surface area contributed by atoms with Crippen LogP contribution >= 0.6 is 11.6 Å². The molecule has 0 bridgehead atoms. The zero-order chi connectivity index (χ0) is 15.8. The molecule has 23 heavy (non-hydrogen) atoms. The van der Waals surface area contributed by atoms with Gasteiger partial charge in [-0.2, -0.15) is 0 Å². The summed E-state index contributed by atoms with van der Waals surface area (Å²) in [6.07, 6.45) is 3.92. The summed E-state index contributed by atoms with van der Waals surface area (Å²) >= 11 is 6.25. The summed E-state index contributed by atoms with van der Waals surface area (Å²) in [6.45, 7) is 3.08. The molecule has 0 aliphatic carbocycles. The lowest BCUT2D eigenvalue weighted by Crippen LogP contribution is -2.27. The number of pyridine rings is 1. The molecule has 0 fully saturated rings. The van der Waals surface area contributed by atoms with Crippen LogP contribution in [0.4, 0.5) is 0 Å². The number of hydrogen-bond acceptors (Lipinski definition) is 2. The maximum atomic E-state index is 6.25. The van der Waals surface area contributed by atoms with Gasteiger partial charge in [-0.05, 0) is 42.9 Å². The van der Waals surface area contributed by atoms with Crippen molar-refractivity contribution in [3.8, 4) is 0 Å². The normalized spacial score (nSPS) is 15.0. The Kier molecular flexibility index (Phi) is 3.83. The first-order valence-electron chi connectivity index (χ1n) is 8.10. The van der Waals surface area contributed by atoms with E-state index >= 15 is 0 Å². The monoisotopic (exact) mass is 325 g/mol. The largest absolute Gasteiger partial charge is 0.344 e. The van der Waals surface area contributed by atoms with E-state index in [1.54, 1.807) is 0 Å². The summed E-state index contributed by atoms with van der Waals surface area (Å²) in [5.74, 6) is 0. The van der Waals surface area contributed by atoms with Crippen molar-refractivity contribution in [2.24, 2.45) is 0 Å². The van der Waals surface area contributed by atoms with Crippen LogP contribution in [-0.4, -0.2) is 28.0 Å². The highest BCUT2D eigenvalue weighted by Crippen LogP contribution is 2.32. The van der Waals surface area contributed by atoms with E-state index in [0.29, 0.717) is 0 Å². The summed E-state index contributed by atoms with van der Waals surface area (Å²) in [5, 5.41) is 2.12. The number of likely N-dealkylation sites (N-methyl/N-ethyl adjacent to an activating group) is 1. The van der Waals surface area contributed by atoms with E-state index in [1.165, 1.54) is 22.2 Å². The highest BCUT2D eigenvalue weighted by molar-refractivity contribution is 6.31. The van der Waals surface area contributed by atoms with E-state index in [2.05, 4.69) is 45.8 Å². The van der Waals surface area contributed by atoms with Crippen LogP contribution in [0.3, 0.4) is 0 Å². The molecule has 2 aromatic heterocycles. The van der Waals surface area contributed by atoms with Crippen molar-refractivity contribution in [3.63, 3.8) is 0 Å². The van der Waals surface area contributed by atoms with Gasteiger partial charge in [-0.15, -0.1) is 0 Å². The van der Waals surface area contributed by atoms with Gasteiger partial charge >= 0.3 is 0 Å². The van der Waals surface area contributed by atoms with Crippen LogP contribution in [0.25, 0.3) is 10.9 Å². The molecule has 118 valence electrons. The minimum Gasteiger partial charge on any atom is -0.344 e. The lowest BCUT2D eigenvalue weighted by Gasteiger charge is -2.24. The molecule has 0 atom stereocenters. The quantitative estimate of drug-likeness (QED) is 0.727. The van der Waals surface area contributed by atoms with Crippen molar-refractivity contribution >= 4 is 22.5 Å². The van der Waals surface area contributed by atoms with Crippen LogP contribution in [0.15, 0.2) is 42.6 Å². The van der Waals surface area contributed by atoms with Gasteiger partial charge in [0.25, 0.3) is 0 Å². The predicted molar refractivity (Wildman–Crippen MR) is 94.9 cm³/mol. The number of nitrogens with zero attached hydrogens (tertiary/aromatic N) is 3. The van der Waals surface area contributed by atoms with Crippen molar-refractivity contribution in [1.82, 2.24) is 14.5 Å². The van der Waals surface area contributed by atoms with E-state index in [4.69, 9.17) is 11.6 Å². The molecule has 0 unspecified atom stereocenters. The van der Waals surface area contributed by atoms with E-state index < -0.39 is 0 Å². The Hall–Kier alpha value is -1.84. The molecular formula is C19H20ClN3. The molecule has 0 saturated carbocycles. The molecule has 0 N–H and O–H groups in total. The van der Waals surface area contributed by atoms with Gasteiger partial charge in [-0.25, -0.2) is 0 Å². The second kappa shape index (κ2) is 5.99. The summed E-state index contributed by atoms with van der Waals surface area (Å²) < 4.78 is 2.47. The molecule has 0 amide bonds. The Morgan fingerprint density at radius 2 is 2.13 bits per heavy atom. The molecule has 3 heterocycles. The third-order valence-corrected chi connectivity index (χ3v) is 4.96. The van der Waals surface area contributed by atoms with Crippen LogP contribution in [0, 0.1) is 0 Å². The van der Waals surface area contributed by atoms with Gasteiger partial charge in [0, 0.05) is 66.0 Å². The summed E-state index contributed by atoms with van der Waals surface area (Å²) in [6, 6.07) is 12.4. The standard InChI is InChI=1S/C19H20ClN3/c1-22-10-8-19-17(13-22)16-12-14(20)5-6-18(16)23(19)11-7-15-4-2-3-9-21-15/h2-6,9,12H,7-8,10-11,13H2,1H3. The van der Waals surface area contributed by atoms with Crippen LogP contribution in [0.1, 0.15) is 17.0 Å². The zero-order valence-electron chi connectivity index (χ0n) is 13.3. The molecule has 0 radical (unpaired) electrons. The van der Waals surface area contributed by atoms with E-state index in [1.807, 2.05) is 18.3 Å². The molecule has 4 rings (SSSR count). The smallest absolute Gasteiger partial charge is 0.0487 e. The van der Waals surface area contributed by atoms with E-state index in [9.17, 15) is 0 Å². The Balaban J connectivity index is 1.76. The molecule has 3 nitrogen and oxygen atoms in total. The second-order valence-corrected chi connectivity index (χ2v) is 6.73. The molecule has 4 heteroatoms. The fourth-order valence-corrected chi connectivity index (χ4v) is 3.76. The van der Waals surface area contributed by atoms with Crippen LogP contribution in [0.2, 0.25) is 5.02 Å². The molecular weight excluding hydrogens is 306 g/mol. The number of hydrogen-bond donors (Lipinski definition) is 0. The third-order valence-electron chi connectivity index (χ3n) is 4.72. The first-order chi connectivity index (χ1) is 11.2. The van der Waals surface area contributed by atoms with Gasteiger partial charge in [-0.3, -0.25) is 4.98 Å². The van der Waals surface area contributed by atoms with Gasteiger partial charge in [-0.1, -0.05) is 17.7 Å². The molecule has 0 saturated heterocycles. The summed E-state index contributed by atoms with van der Waals surface area (Å²) in [5.41, 5.74) is 5.35. The van der Waals surface area contributed by atoms with Gasteiger partial charge < -0.3 is 9.47 Å². The molecule has 1 aromatic carbocycles.